The highest BCUT2D eigenvalue weighted by atomic mass is 16.5. The Labute approximate surface area is 160 Å². The third-order valence-electron chi connectivity index (χ3n) is 5.24. The van der Waals surface area contributed by atoms with Gasteiger partial charge in [0, 0.05) is 42.9 Å². The molecular formula is C21H29N3O3. The molecule has 0 radical (unpaired) electrons. The van der Waals surface area contributed by atoms with Gasteiger partial charge in [0.05, 0.1) is 13.2 Å². The molecule has 0 bridgehead atoms. The monoisotopic (exact) mass is 371 g/mol. The minimum atomic E-state index is -0.204. The molecule has 1 aliphatic carbocycles. The third kappa shape index (κ3) is 5.57. The number of carbonyl (C=O) groups is 2. The van der Waals surface area contributed by atoms with E-state index in [0.717, 1.165) is 36.0 Å². The summed E-state index contributed by atoms with van der Waals surface area (Å²) in [5, 5.41) is 6.66. The first-order valence-electron chi connectivity index (χ1n) is 9.80. The molecule has 0 saturated heterocycles. The lowest BCUT2D eigenvalue weighted by molar-refractivity contribution is -0.125. The number of ether oxygens (including phenoxy) is 1. The molecule has 1 aromatic carbocycles. The van der Waals surface area contributed by atoms with Crippen molar-refractivity contribution in [2.45, 2.75) is 45.1 Å². The average Bonchev–Trinajstić information content (AvgIpc) is 3.08. The summed E-state index contributed by atoms with van der Waals surface area (Å²) in [5.41, 5.74) is 1.84. The summed E-state index contributed by atoms with van der Waals surface area (Å²) in [7, 11) is 1.69. The molecular weight excluding hydrogens is 342 g/mol. The van der Waals surface area contributed by atoms with E-state index in [1.807, 2.05) is 30.5 Å². The molecule has 2 N–H and O–H groups in total. The van der Waals surface area contributed by atoms with Crippen LogP contribution >= 0.6 is 0 Å². The zero-order valence-corrected chi connectivity index (χ0v) is 16.0. The summed E-state index contributed by atoms with van der Waals surface area (Å²) < 4.78 is 7.24. The van der Waals surface area contributed by atoms with Crippen molar-refractivity contribution >= 4 is 28.4 Å². The minimum Gasteiger partial charge on any atom is -0.383 e. The van der Waals surface area contributed by atoms with Crippen LogP contribution in [-0.2, 0) is 20.9 Å². The summed E-state index contributed by atoms with van der Waals surface area (Å²) in [4.78, 5) is 24.2. The third-order valence-corrected chi connectivity index (χ3v) is 5.24. The van der Waals surface area contributed by atoms with Crippen LogP contribution in [0.1, 0.15) is 38.5 Å². The average molecular weight is 371 g/mol. The topological polar surface area (TPSA) is 72.4 Å². The van der Waals surface area contributed by atoms with Crippen molar-refractivity contribution in [3.63, 3.8) is 0 Å². The lowest BCUT2D eigenvalue weighted by Crippen LogP contribution is -2.34. The van der Waals surface area contributed by atoms with Gasteiger partial charge < -0.3 is 19.9 Å². The van der Waals surface area contributed by atoms with Gasteiger partial charge in [-0.1, -0.05) is 19.3 Å². The van der Waals surface area contributed by atoms with Gasteiger partial charge in [-0.05, 0) is 43.0 Å². The van der Waals surface area contributed by atoms with Crippen LogP contribution in [0.25, 0.3) is 10.9 Å². The summed E-state index contributed by atoms with van der Waals surface area (Å²) in [6.07, 6.45) is 8.52. The maximum atomic E-state index is 12.1. The van der Waals surface area contributed by atoms with Gasteiger partial charge in [0.1, 0.15) is 0 Å². The van der Waals surface area contributed by atoms with Crippen LogP contribution in [0.2, 0.25) is 0 Å². The van der Waals surface area contributed by atoms with Crippen molar-refractivity contribution in [3.05, 3.63) is 30.5 Å². The van der Waals surface area contributed by atoms with Crippen molar-refractivity contribution < 1.29 is 14.3 Å². The maximum absolute atomic E-state index is 12.1. The van der Waals surface area contributed by atoms with Crippen LogP contribution in [0.4, 0.5) is 5.69 Å². The van der Waals surface area contributed by atoms with Crippen molar-refractivity contribution in [1.29, 1.82) is 0 Å². The minimum absolute atomic E-state index is 0.0123. The highest BCUT2D eigenvalue weighted by Gasteiger charge is 2.17. The highest BCUT2D eigenvalue weighted by Crippen LogP contribution is 2.26. The molecule has 3 rings (SSSR count). The van der Waals surface area contributed by atoms with E-state index in [4.69, 9.17) is 4.74 Å². The fourth-order valence-corrected chi connectivity index (χ4v) is 3.77. The Hall–Kier alpha value is -2.34. The van der Waals surface area contributed by atoms with E-state index in [9.17, 15) is 9.59 Å². The number of carbonyl (C=O) groups excluding carboxylic acids is 2. The SMILES string of the molecule is COCCn1ccc2cc(NC(=O)CNC(=O)CC3CCCCC3)ccc21. The normalized spacial score (nSPS) is 15.0. The van der Waals surface area contributed by atoms with E-state index in [1.54, 1.807) is 7.11 Å². The van der Waals surface area contributed by atoms with Crippen LogP contribution < -0.4 is 10.6 Å². The van der Waals surface area contributed by atoms with Gasteiger partial charge in [0.15, 0.2) is 0 Å². The molecule has 2 aromatic rings. The van der Waals surface area contributed by atoms with Crippen molar-refractivity contribution in [2.75, 3.05) is 25.6 Å². The first-order valence-corrected chi connectivity index (χ1v) is 9.80. The number of rotatable bonds is 8. The van der Waals surface area contributed by atoms with Crippen LogP contribution in [-0.4, -0.2) is 36.6 Å². The summed E-state index contributed by atoms with van der Waals surface area (Å²) in [5.74, 6) is 0.249. The number of amides is 2. The fraction of sp³-hybridized carbons (Fsp3) is 0.524. The van der Waals surface area contributed by atoms with E-state index in [2.05, 4.69) is 15.2 Å². The van der Waals surface area contributed by atoms with Crippen LogP contribution in [0.15, 0.2) is 30.5 Å². The molecule has 1 heterocycles. The lowest BCUT2D eigenvalue weighted by atomic mass is 9.87. The number of benzene rings is 1. The number of hydrogen-bond donors (Lipinski definition) is 2. The van der Waals surface area contributed by atoms with Crippen molar-refractivity contribution in [1.82, 2.24) is 9.88 Å². The Morgan fingerprint density at radius 2 is 1.96 bits per heavy atom. The van der Waals surface area contributed by atoms with Gasteiger partial charge in [-0.3, -0.25) is 9.59 Å². The number of methoxy groups -OCH3 is 1. The first-order chi connectivity index (χ1) is 13.2. The van der Waals surface area contributed by atoms with E-state index in [-0.39, 0.29) is 18.4 Å². The summed E-state index contributed by atoms with van der Waals surface area (Å²) in [6, 6.07) is 7.84. The predicted molar refractivity (Wildman–Crippen MR) is 107 cm³/mol. The second-order valence-electron chi connectivity index (χ2n) is 7.31. The standard InChI is InChI=1S/C21H29N3O3/c1-27-12-11-24-10-9-17-14-18(7-8-19(17)24)23-21(26)15-22-20(25)13-16-5-3-2-4-6-16/h7-10,14,16H,2-6,11-13,15H2,1H3,(H,22,25)(H,23,26). The smallest absolute Gasteiger partial charge is 0.243 e. The van der Waals surface area contributed by atoms with Crippen LogP contribution in [0, 0.1) is 5.92 Å². The Morgan fingerprint density at radius 3 is 2.74 bits per heavy atom. The fourth-order valence-electron chi connectivity index (χ4n) is 3.77. The number of fused-ring (bicyclic) bond motifs is 1. The van der Waals surface area contributed by atoms with Gasteiger partial charge in [-0.15, -0.1) is 0 Å². The molecule has 0 atom stereocenters. The molecule has 0 unspecified atom stereocenters. The van der Waals surface area contributed by atoms with E-state index < -0.39 is 0 Å². The molecule has 6 heteroatoms. The summed E-state index contributed by atoms with van der Waals surface area (Å²) >= 11 is 0. The van der Waals surface area contributed by atoms with Gasteiger partial charge in [0.2, 0.25) is 11.8 Å². The van der Waals surface area contributed by atoms with Crippen molar-refractivity contribution in [3.8, 4) is 0 Å². The van der Waals surface area contributed by atoms with Crippen molar-refractivity contribution in [2.24, 2.45) is 5.92 Å². The predicted octanol–water partition coefficient (Wildman–Crippen LogP) is 3.31. The molecule has 0 aliphatic heterocycles. The molecule has 1 aromatic heterocycles. The Bertz CT molecular complexity index is 778. The zero-order chi connectivity index (χ0) is 19.1. The molecule has 146 valence electrons. The van der Waals surface area contributed by atoms with Gasteiger partial charge in [-0.2, -0.15) is 0 Å². The van der Waals surface area contributed by atoms with E-state index >= 15 is 0 Å². The zero-order valence-electron chi connectivity index (χ0n) is 16.0. The second-order valence-corrected chi connectivity index (χ2v) is 7.31. The first kappa shape index (κ1) is 19.4. The molecule has 1 aliphatic rings. The Kier molecular flexibility index (Phi) is 6.87. The number of nitrogens with zero attached hydrogens (tertiary/aromatic N) is 1. The maximum Gasteiger partial charge on any atom is 0.243 e. The molecule has 27 heavy (non-hydrogen) atoms. The molecule has 6 nitrogen and oxygen atoms in total. The van der Waals surface area contributed by atoms with Gasteiger partial charge >= 0.3 is 0 Å². The molecule has 1 fully saturated rings. The largest absolute Gasteiger partial charge is 0.383 e. The number of nitrogens with one attached hydrogen (secondary N) is 2. The Morgan fingerprint density at radius 1 is 1.15 bits per heavy atom. The molecule has 0 spiro atoms. The molecule has 1 saturated carbocycles. The summed E-state index contributed by atoms with van der Waals surface area (Å²) in [6.45, 7) is 1.46. The van der Waals surface area contributed by atoms with Gasteiger partial charge in [-0.25, -0.2) is 0 Å². The lowest BCUT2D eigenvalue weighted by Gasteiger charge is -2.20. The highest BCUT2D eigenvalue weighted by molar-refractivity contribution is 5.96. The number of aromatic nitrogens is 1. The van der Waals surface area contributed by atoms with Gasteiger partial charge in [0.25, 0.3) is 0 Å². The number of hydrogen-bond acceptors (Lipinski definition) is 3. The number of anilines is 1. The van der Waals surface area contributed by atoms with E-state index in [1.165, 1.54) is 19.3 Å². The van der Waals surface area contributed by atoms with Crippen LogP contribution in [0.3, 0.4) is 0 Å². The van der Waals surface area contributed by atoms with E-state index in [0.29, 0.717) is 18.9 Å². The molecule has 2 amide bonds. The van der Waals surface area contributed by atoms with Crippen LogP contribution in [0.5, 0.6) is 0 Å². The quantitative estimate of drug-likeness (QED) is 0.748. The second kappa shape index (κ2) is 9.55. The Balaban J connectivity index is 1.47.